The van der Waals surface area contributed by atoms with Gasteiger partial charge in [0.2, 0.25) is 5.91 Å². The van der Waals surface area contributed by atoms with Gasteiger partial charge in [0.25, 0.3) is 5.91 Å². The van der Waals surface area contributed by atoms with Gasteiger partial charge in [-0.3, -0.25) is 19.4 Å². The number of ether oxygens (including phenoxy) is 4. The minimum atomic E-state index is -1.15. The first kappa shape index (κ1) is 48.5. The molecule has 352 valence electrons. The van der Waals surface area contributed by atoms with Gasteiger partial charge in [-0.05, 0) is 77.6 Å². The van der Waals surface area contributed by atoms with Crippen LogP contribution in [0.15, 0.2) is 109 Å². The lowest BCUT2D eigenvalue weighted by Crippen LogP contribution is -2.37. The van der Waals surface area contributed by atoms with Crippen molar-refractivity contribution in [2.24, 2.45) is 0 Å². The van der Waals surface area contributed by atoms with Crippen LogP contribution in [0.3, 0.4) is 0 Å². The van der Waals surface area contributed by atoms with E-state index in [9.17, 15) is 29.4 Å². The Labute approximate surface area is 390 Å². The Bertz CT molecular complexity index is 2410. The Morgan fingerprint density at radius 3 is 1.82 bits per heavy atom. The average molecular weight is 915 g/mol. The molecule has 1 saturated heterocycles. The molecule has 0 aliphatic carbocycles. The summed E-state index contributed by atoms with van der Waals surface area (Å²) in [6, 6.07) is 32.7. The summed E-state index contributed by atoms with van der Waals surface area (Å²) in [5.41, 5.74) is 6.59. The fourth-order valence-electron chi connectivity index (χ4n) is 8.27. The second-order valence-electron chi connectivity index (χ2n) is 16.2. The lowest BCUT2D eigenvalue weighted by atomic mass is 9.95. The Balaban J connectivity index is 0.986. The molecule has 2 amide bonds. The topological polar surface area (TPSA) is 193 Å². The molecule has 2 aliphatic rings. The van der Waals surface area contributed by atoms with Crippen molar-refractivity contribution in [1.29, 1.82) is 0 Å². The van der Waals surface area contributed by atoms with Crippen LogP contribution in [0.25, 0.3) is 0 Å². The van der Waals surface area contributed by atoms with Crippen LogP contribution in [0.4, 0.5) is 5.69 Å². The molecule has 2 aromatic heterocycles. The van der Waals surface area contributed by atoms with Crippen LogP contribution >= 0.6 is 0 Å². The van der Waals surface area contributed by atoms with E-state index >= 15 is 0 Å². The molecule has 0 spiro atoms. The summed E-state index contributed by atoms with van der Waals surface area (Å²) in [4.78, 5) is 65.7. The molecule has 16 nitrogen and oxygen atoms in total. The van der Waals surface area contributed by atoms with E-state index in [2.05, 4.69) is 43.3 Å². The molecule has 3 aromatic carbocycles. The highest BCUT2D eigenvalue weighted by molar-refractivity contribution is 5.96. The van der Waals surface area contributed by atoms with Crippen molar-refractivity contribution in [3.05, 3.63) is 160 Å². The summed E-state index contributed by atoms with van der Waals surface area (Å²) in [7, 11) is 0. The highest BCUT2D eigenvalue weighted by Crippen LogP contribution is 2.30. The number of nitrogens with zero attached hydrogens (tertiary/aromatic N) is 5. The number of hydrogen-bond acceptors (Lipinski definition) is 12. The number of hydrogen-bond donors (Lipinski definition) is 3. The third-order valence-electron chi connectivity index (χ3n) is 11.7. The number of amides is 2. The number of aryl methyl sites for hydroxylation is 2. The van der Waals surface area contributed by atoms with E-state index < -0.39 is 18.0 Å². The number of carbonyl (C=O) groups excluding carboxylic acids is 2. The predicted octanol–water partition coefficient (Wildman–Crippen LogP) is 5.30. The fraction of sp³-hybridized carbons (Fsp3) is 0.373. The molecular weight excluding hydrogens is 857 g/mol. The number of rotatable bonds is 11. The van der Waals surface area contributed by atoms with Crippen molar-refractivity contribution in [1.82, 2.24) is 25.1 Å². The van der Waals surface area contributed by atoms with Crippen LogP contribution in [-0.2, 0) is 49.7 Å². The van der Waals surface area contributed by atoms with Gasteiger partial charge >= 0.3 is 11.9 Å². The highest BCUT2D eigenvalue weighted by Gasteiger charge is 2.26. The second kappa shape index (κ2) is 24.9. The molecule has 67 heavy (non-hydrogen) atoms. The number of aromatic nitrogens is 2. The standard InChI is InChI=1S/C51H58N6O10/c58-47(57-35-41-9-2-1-7-37(41)15-16-38-8-3-4-14-46(38)57)21-22-52-49(59)40-19-17-39(18-20-40)48(43-11-6-13-45(54-43)51(62)63)56-25-29-66-33-31-64-27-23-55(24-28-65-32-34-67-30-26-56)36-42-10-5-12-44(53-42)50(60)61/h1-14,17-20,48H,15-16,21-36H2,(H,52,59)(H,60,61)(H,62,63). The van der Waals surface area contributed by atoms with E-state index in [1.165, 1.54) is 17.7 Å². The molecule has 0 radical (unpaired) electrons. The van der Waals surface area contributed by atoms with Gasteiger partial charge in [0.15, 0.2) is 0 Å². The Hall–Kier alpha value is -6.40. The van der Waals surface area contributed by atoms with Crippen molar-refractivity contribution in [3.63, 3.8) is 0 Å². The molecule has 1 unspecified atom stereocenters. The first-order valence-corrected chi connectivity index (χ1v) is 22.7. The van der Waals surface area contributed by atoms with Crippen LogP contribution < -0.4 is 10.2 Å². The Morgan fingerprint density at radius 2 is 1.16 bits per heavy atom. The number of aromatic carboxylic acids is 2. The number of fused-ring (bicyclic) bond motifs is 2. The van der Waals surface area contributed by atoms with Crippen LogP contribution in [0.5, 0.6) is 0 Å². The third kappa shape index (κ3) is 14.1. The molecule has 3 N–H and O–H groups in total. The maximum Gasteiger partial charge on any atom is 0.354 e. The Kier molecular flexibility index (Phi) is 18.1. The van der Waals surface area contributed by atoms with Crippen LogP contribution in [0.1, 0.15) is 77.4 Å². The zero-order valence-electron chi connectivity index (χ0n) is 37.6. The van der Waals surface area contributed by atoms with Crippen molar-refractivity contribution >= 4 is 29.4 Å². The molecule has 4 heterocycles. The van der Waals surface area contributed by atoms with Gasteiger partial charge in [0.1, 0.15) is 11.4 Å². The zero-order valence-corrected chi connectivity index (χ0v) is 37.6. The zero-order chi connectivity index (χ0) is 46.8. The maximum absolute atomic E-state index is 13.8. The van der Waals surface area contributed by atoms with Gasteiger partial charge in [0.05, 0.1) is 76.8 Å². The first-order chi connectivity index (χ1) is 32.7. The lowest BCUT2D eigenvalue weighted by molar-refractivity contribution is -0.118. The van der Waals surface area contributed by atoms with E-state index in [-0.39, 0.29) is 36.2 Å². The van der Waals surface area contributed by atoms with Gasteiger partial charge in [-0.25, -0.2) is 19.6 Å². The molecule has 1 atom stereocenters. The lowest BCUT2D eigenvalue weighted by Gasteiger charge is -2.32. The van der Waals surface area contributed by atoms with E-state index in [0.29, 0.717) is 109 Å². The molecular formula is C51H58N6O10. The number of para-hydroxylation sites is 1. The van der Waals surface area contributed by atoms with Crippen molar-refractivity contribution in [2.75, 3.05) is 90.5 Å². The Morgan fingerprint density at radius 1 is 0.597 bits per heavy atom. The van der Waals surface area contributed by atoms with Crippen molar-refractivity contribution in [3.8, 4) is 0 Å². The summed E-state index contributed by atoms with van der Waals surface area (Å²) in [6.45, 7) is 5.92. The average Bonchev–Trinajstić information content (AvgIpc) is 3.33. The summed E-state index contributed by atoms with van der Waals surface area (Å²) in [5.74, 6) is -2.62. The van der Waals surface area contributed by atoms with Crippen LogP contribution in [0.2, 0.25) is 0 Å². The minimum absolute atomic E-state index is 0.00615. The van der Waals surface area contributed by atoms with Gasteiger partial charge in [0, 0.05) is 56.9 Å². The number of nitrogens with one attached hydrogen (secondary N) is 1. The maximum atomic E-state index is 13.8. The van der Waals surface area contributed by atoms with Gasteiger partial charge in [-0.15, -0.1) is 0 Å². The summed E-state index contributed by atoms with van der Waals surface area (Å²) in [6.07, 6.45) is 1.85. The quantitative estimate of drug-likeness (QED) is 0.155. The number of pyridine rings is 2. The number of carboxylic acid groups (broad SMARTS) is 2. The van der Waals surface area contributed by atoms with Crippen molar-refractivity contribution < 1.29 is 48.3 Å². The smallest absolute Gasteiger partial charge is 0.354 e. The molecule has 0 bridgehead atoms. The predicted molar refractivity (Wildman–Crippen MR) is 249 cm³/mol. The summed E-state index contributed by atoms with van der Waals surface area (Å²) < 4.78 is 23.9. The second-order valence-corrected chi connectivity index (χ2v) is 16.2. The number of anilines is 1. The number of carbonyl (C=O) groups is 4. The third-order valence-corrected chi connectivity index (χ3v) is 11.7. The molecule has 2 aliphatic heterocycles. The molecule has 16 heteroatoms. The highest BCUT2D eigenvalue weighted by atomic mass is 16.5. The van der Waals surface area contributed by atoms with Crippen LogP contribution in [-0.4, -0.2) is 139 Å². The number of benzene rings is 3. The van der Waals surface area contributed by atoms with E-state index in [1.807, 2.05) is 47.4 Å². The SMILES string of the molecule is O=C(NCCC(=O)N1Cc2ccccc2CCc2ccccc21)c1ccc(C(c2cccc(C(=O)O)n2)N2CCOCCOCCN(Cc3cccc(C(=O)O)n3)CCOCCOCC2)cc1. The largest absolute Gasteiger partial charge is 0.477 e. The van der Waals surface area contributed by atoms with E-state index in [1.54, 1.807) is 36.4 Å². The monoisotopic (exact) mass is 914 g/mol. The normalized spacial score (nSPS) is 16.7. The van der Waals surface area contributed by atoms with Gasteiger partial charge < -0.3 is 39.4 Å². The number of carboxylic acids is 2. The van der Waals surface area contributed by atoms with Gasteiger partial charge in [-0.2, -0.15) is 0 Å². The molecule has 0 saturated carbocycles. The molecule has 5 aromatic rings. The van der Waals surface area contributed by atoms with E-state index in [4.69, 9.17) is 18.9 Å². The van der Waals surface area contributed by atoms with Gasteiger partial charge in [-0.1, -0.05) is 66.7 Å². The summed E-state index contributed by atoms with van der Waals surface area (Å²) in [5, 5.41) is 22.2. The first-order valence-electron chi connectivity index (χ1n) is 22.7. The van der Waals surface area contributed by atoms with Crippen LogP contribution in [0, 0.1) is 0 Å². The summed E-state index contributed by atoms with van der Waals surface area (Å²) >= 11 is 0. The fourth-order valence-corrected chi connectivity index (χ4v) is 8.27. The van der Waals surface area contributed by atoms with E-state index in [0.717, 1.165) is 35.2 Å². The van der Waals surface area contributed by atoms with Crippen molar-refractivity contribution in [2.45, 2.75) is 38.4 Å². The minimum Gasteiger partial charge on any atom is -0.477 e. The molecule has 1 fully saturated rings. The molecule has 7 rings (SSSR count).